The summed E-state index contributed by atoms with van der Waals surface area (Å²) in [5.74, 6) is 0.550. The molecule has 0 aliphatic carbocycles. The van der Waals surface area contributed by atoms with E-state index in [0.717, 1.165) is 36.2 Å². The van der Waals surface area contributed by atoms with Crippen molar-refractivity contribution in [3.8, 4) is 0 Å². The minimum atomic E-state index is -0.212. The fourth-order valence-electron chi connectivity index (χ4n) is 2.70. The van der Waals surface area contributed by atoms with E-state index in [1.54, 1.807) is 12.3 Å². The summed E-state index contributed by atoms with van der Waals surface area (Å²) in [4.78, 5) is 19.3. The standard InChI is InChI=1S/C16H15N5O2S/c22-16(11-3-1-4-12-14(11)20-24-19-12)18-13-5-2-6-17-15(13)21-7-9-23-10-8-21/h1-6H,7-10H2,(H,18,22). The smallest absolute Gasteiger partial charge is 0.258 e. The van der Waals surface area contributed by atoms with Gasteiger partial charge in [0.15, 0.2) is 5.82 Å². The summed E-state index contributed by atoms with van der Waals surface area (Å²) in [6.07, 6.45) is 1.73. The van der Waals surface area contributed by atoms with Gasteiger partial charge in [-0.15, -0.1) is 0 Å². The van der Waals surface area contributed by atoms with Crippen LogP contribution in [0.4, 0.5) is 11.5 Å². The highest BCUT2D eigenvalue weighted by molar-refractivity contribution is 7.00. The van der Waals surface area contributed by atoms with Gasteiger partial charge in [0.2, 0.25) is 0 Å². The number of amides is 1. The van der Waals surface area contributed by atoms with E-state index >= 15 is 0 Å². The highest BCUT2D eigenvalue weighted by atomic mass is 32.1. The lowest BCUT2D eigenvalue weighted by Gasteiger charge is -2.29. The van der Waals surface area contributed by atoms with E-state index in [9.17, 15) is 4.79 Å². The number of pyridine rings is 1. The second-order valence-electron chi connectivity index (χ2n) is 5.37. The van der Waals surface area contributed by atoms with Crippen LogP contribution in [-0.4, -0.2) is 45.9 Å². The van der Waals surface area contributed by atoms with Gasteiger partial charge in [-0.1, -0.05) is 6.07 Å². The van der Waals surface area contributed by atoms with Crippen LogP contribution in [-0.2, 0) is 4.74 Å². The molecule has 0 saturated carbocycles. The molecule has 0 bridgehead atoms. The third-order valence-corrected chi connectivity index (χ3v) is 4.42. The Hall–Kier alpha value is -2.58. The number of benzene rings is 1. The predicted molar refractivity (Wildman–Crippen MR) is 92.6 cm³/mol. The zero-order valence-electron chi connectivity index (χ0n) is 12.8. The van der Waals surface area contributed by atoms with Gasteiger partial charge in [0.25, 0.3) is 5.91 Å². The van der Waals surface area contributed by atoms with Gasteiger partial charge in [-0.05, 0) is 24.3 Å². The highest BCUT2D eigenvalue weighted by Crippen LogP contribution is 2.25. The van der Waals surface area contributed by atoms with Crippen LogP contribution in [0.2, 0.25) is 0 Å². The summed E-state index contributed by atoms with van der Waals surface area (Å²) in [7, 11) is 0. The van der Waals surface area contributed by atoms with Gasteiger partial charge in [0.1, 0.15) is 11.0 Å². The molecule has 24 heavy (non-hydrogen) atoms. The highest BCUT2D eigenvalue weighted by Gasteiger charge is 2.19. The van der Waals surface area contributed by atoms with Crippen LogP contribution in [0, 0.1) is 0 Å². The molecule has 0 unspecified atom stereocenters. The Kier molecular flexibility index (Phi) is 4.06. The number of nitrogens with zero attached hydrogens (tertiary/aromatic N) is 4. The number of rotatable bonds is 3. The van der Waals surface area contributed by atoms with Gasteiger partial charge in [-0.3, -0.25) is 4.79 Å². The van der Waals surface area contributed by atoms with Gasteiger partial charge >= 0.3 is 0 Å². The van der Waals surface area contributed by atoms with Crippen molar-refractivity contribution in [1.82, 2.24) is 13.7 Å². The van der Waals surface area contributed by atoms with Crippen LogP contribution < -0.4 is 10.2 Å². The molecule has 1 aliphatic heterocycles. The van der Waals surface area contributed by atoms with E-state index in [0.29, 0.717) is 30.0 Å². The summed E-state index contributed by atoms with van der Waals surface area (Å²) in [5, 5.41) is 2.96. The fraction of sp³-hybridized carbons (Fsp3) is 0.250. The number of ether oxygens (including phenoxy) is 1. The lowest BCUT2D eigenvalue weighted by atomic mass is 10.1. The van der Waals surface area contributed by atoms with Crippen molar-refractivity contribution >= 4 is 40.2 Å². The molecule has 4 rings (SSSR count). The second kappa shape index (κ2) is 6.50. The molecule has 0 atom stereocenters. The quantitative estimate of drug-likeness (QED) is 0.786. The van der Waals surface area contributed by atoms with Crippen LogP contribution in [0.1, 0.15) is 10.4 Å². The summed E-state index contributed by atoms with van der Waals surface area (Å²) in [5.41, 5.74) is 2.55. The molecule has 8 heteroatoms. The first-order valence-corrected chi connectivity index (χ1v) is 8.36. The Labute approximate surface area is 142 Å². The molecule has 122 valence electrons. The monoisotopic (exact) mass is 341 g/mol. The summed E-state index contributed by atoms with van der Waals surface area (Å²) in [6.45, 7) is 2.83. The van der Waals surface area contributed by atoms with Crippen molar-refractivity contribution in [2.75, 3.05) is 36.5 Å². The molecule has 3 aromatic rings. The van der Waals surface area contributed by atoms with E-state index < -0.39 is 0 Å². The number of morpholine rings is 1. The van der Waals surface area contributed by atoms with E-state index in [-0.39, 0.29) is 5.91 Å². The fourth-order valence-corrected chi connectivity index (χ4v) is 3.25. The SMILES string of the molecule is O=C(Nc1cccnc1N1CCOCC1)c1cccc2nsnc12. The molecular weight excluding hydrogens is 326 g/mol. The average Bonchev–Trinajstić information content (AvgIpc) is 3.11. The third kappa shape index (κ3) is 2.81. The number of hydrogen-bond donors (Lipinski definition) is 1. The van der Waals surface area contributed by atoms with E-state index in [1.165, 1.54) is 0 Å². The maximum atomic E-state index is 12.7. The number of carbonyl (C=O) groups is 1. The van der Waals surface area contributed by atoms with Crippen LogP contribution in [0.15, 0.2) is 36.5 Å². The molecule has 1 amide bonds. The van der Waals surface area contributed by atoms with Gasteiger partial charge in [-0.2, -0.15) is 8.75 Å². The first-order chi connectivity index (χ1) is 11.8. The van der Waals surface area contributed by atoms with E-state index in [1.807, 2.05) is 24.3 Å². The molecule has 1 N–H and O–H groups in total. The van der Waals surface area contributed by atoms with Crippen molar-refractivity contribution in [3.05, 3.63) is 42.1 Å². The largest absolute Gasteiger partial charge is 0.378 e. The Balaban J connectivity index is 1.63. The number of fused-ring (bicyclic) bond motifs is 1. The Morgan fingerprint density at radius 3 is 2.92 bits per heavy atom. The van der Waals surface area contributed by atoms with E-state index in [2.05, 4.69) is 23.9 Å². The molecule has 0 radical (unpaired) electrons. The minimum Gasteiger partial charge on any atom is -0.378 e. The summed E-state index contributed by atoms with van der Waals surface area (Å²) >= 11 is 1.10. The molecular formula is C16H15N5O2S. The van der Waals surface area contributed by atoms with Gasteiger partial charge in [-0.25, -0.2) is 4.98 Å². The normalized spacial score (nSPS) is 14.8. The number of aromatic nitrogens is 3. The topological polar surface area (TPSA) is 80.2 Å². The van der Waals surface area contributed by atoms with Crippen molar-refractivity contribution in [3.63, 3.8) is 0 Å². The zero-order valence-corrected chi connectivity index (χ0v) is 13.6. The summed E-state index contributed by atoms with van der Waals surface area (Å²) < 4.78 is 13.8. The van der Waals surface area contributed by atoms with Gasteiger partial charge in [0.05, 0.1) is 36.2 Å². The molecule has 0 spiro atoms. The predicted octanol–water partition coefficient (Wildman–Crippen LogP) is 2.18. The molecule has 3 heterocycles. The number of carbonyl (C=O) groups excluding carboxylic acids is 1. The molecule has 1 aliphatic rings. The van der Waals surface area contributed by atoms with Crippen LogP contribution in [0.25, 0.3) is 11.0 Å². The Morgan fingerprint density at radius 1 is 1.17 bits per heavy atom. The Bertz CT molecular complexity index is 876. The summed E-state index contributed by atoms with van der Waals surface area (Å²) in [6, 6.07) is 9.08. The van der Waals surface area contributed by atoms with Crippen LogP contribution in [0.5, 0.6) is 0 Å². The first kappa shape index (κ1) is 15.0. The van der Waals surface area contributed by atoms with Gasteiger partial charge in [0, 0.05) is 19.3 Å². The maximum Gasteiger partial charge on any atom is 0.258 e. The van der Waals surface area contributed by atoms with Crippen LogP contribution >= 0.6 is 11.7 Å². The Morgan fingerprint density at radius 2 is 2.04 bits per heavy atom. The number of anilines is 2. The second-order valence-corrected chi connectivity index (χ2v) is 5.89. The molecule has 1 aromatic carbocycles. The molecule has 1 fully saturated rings. The molecule has 1 saturated heterocycles. The maximum absolute atomic E-state index is 12.7. The third-order valence-electron chi connectivity index (χ3n) is 3.88. The van der Waals surface area contributed by atoms with E-state index in [4.69, 9.17) is 4.74 Å². The van der Waals surface area contributed by atoms with Gasteiger partial charge < -0.3 is 15.0 Å². The van der Waals surface area contributed by atoms with Crippen molar-refractivity contribution < 1.29 is 9.53 Å². The van der Waals surface area contributed by atoms with Crippen molar-refractivity contribution in [1.29, 1.82) is 0 Å². The number of nitrogens with one attached hydrogen (secondary N) is 1. The van der Waals surface area contributed by atoms with Crippen molar-refractivity contribution in [2.24, 2.45) is 0 Å². The lowest BCUT2D eigenvalue weighted by molar-refractivity contribution is 0.102. The molecule has 2 aromatic heterocycles. The van der Waals surface area contributed by atoms with Crippen molar-refractivity contribution in [2.45, 2.75) is 0 Å². The zero-order chi connectivity index (χ0) is 16.4. The molecule has 7 nitrogen and oxygen atoms in total. The van der Waals surface area contributed by atoms with Crippen LogP contribution in [0.3, 0.4) is 0 Å². The average molecular weight is 341 g/mol. The number of hydrogen-bond acceptors (Lipinski definition) is 7. The minimum absolute atomic E-state index is 0.212. The first-order valence-electron chi connectivity index (χ1n) is 7.63. The lowest BCUT2D eigenvalue weighted by Crippen LogP contribution is -2.37.